The Labute approximate surface area is 200 Å². The fourth-order valence-corrected chi connectivity index (χ4v) is 4.98. The summed E-state index contributed by atoms with van der Waals surface area (Å²) < 4.78 is 2.01. The minimum atomic E-state index is 0.116. The van der Waals surface area contributed by atoms with Gasteiger partial charge in [0.25, 0.3) is 5.91 Å². The number of nitrogens with zero attached hydrogens (tertiary/aromatic N) is 5. The second kappa shape index (κ2) is 9.43. The van der Waals surface area contributed by atoms with Crippen molar-refractivity contribution < 1.29 is 4.79 Å². The highest BCUT2D eigenvalue weighted by atomic mass is 35.5. The van der Waals surface area contributed by atoms with E-state index in [1.807, 2.05) is 34.7 Å². The van der Waals surface area contributed by atoms with Crippen LogP contribution in [-0.2, 0) is 13.1 Å². The standard InChI is InChI=1S/C26H32ClN5O/c1-3-4-10-32-25-24(18(2)29-32)22(16-23(28-25)20-8-9-20)26(33)31-13-11-30(12-14-31)17-19-6-5-7-21(27)15-19/h5-7,15-16,20H,3-4,8-14,17H2,1-2H3. The summed E-state index contributed by atoms with van der Waals surface area (Å²) in [7, 11) is 0. The second-order valence-electron chi connectivity index (χ2n) is 9.43. The van der Waals surface area contributed by atoms with Gasteiger partial charge in [0.2, 0.25) is 0 Å². The van der Waals surface area contributed by atoms with Gasteiger partial charge in [-0.25, -0.2) is 9.67 Å². The Kier molecular flexibility index (Phi) is 6.39. The zero-order chi connectivity index (χ0) is 22.9. The predicted octanol–water partition coefficient (Wildman–Crippen LogP) is 5.03. The number of hydrogen-bond acceptors (Lipinski definition) is 4. The van der Waals surface area contributed by atoms with E-state index in [1.54, 1.807) is 0 Å². The number of aryl methyl sites for hydroxylation is 2. The van der Waals surface area contributed by atoms with Crippen molar-refractivity contribution in [1.29, 1.82) is 0 Å². The summed E-state index contributed by atoms with van der Waals surface area (Å²) in [6, 6.07) is 10.1. The van der Waals surface area contributed by atoms with Gasteiger partial charge in [-0.15, -0.1) is 0 Å². The first-order chi connectivity index (χ1) is 16.0. The Balaban J connectivity index is 1.36. The molecule has 174 valence electrons. The topological polar surface area (TPSA) is 54.3 Å². The number of pyridine rings is 1. The summed E-state index contributed by atoms with van der Waals surface area (Å²) in [5.41, 5.74) is 4.84. The molecule has 6 nitrogen and oxygen atoms in total. The third-order valence-corrected chi connectivity index (χ3v) is 7.04. The Morgan fingerprint density at radius 3 is 2.64 bits per heavy atom. The molecule has 1 saturated heterocycles. The minimum absolute atomic E-state index is 0.116. The fourth-order valence-electron chi connectivity index (χ4n) is 4.77. The zero-order valence-electron chi connectivity index (χ0n) is 19.6. The van der Waals surface area contributed by atoms with Crippen LogP contribution in [0.4, 0.5) is 0 Å². The number of unbranched alkanes of at least 4 members (excludes halogenated alkanes) is 1. The van der Waals surface area contributed by atoms with E-state index in [2.05, 4.69) is 24.0 Å². The van der Waals surface area contributed by atoms with Crippen molar-refractivity contribution in [2.75, 3.05) is 26.2 Å². The van der Waals surface area contributed by atoms with Crippen LogP contribution < -0.4 is 0 Å². The van der Waals surface area contributed by atoms with Crippen LogP contribution in [0.15, 0.2) is 30.3 Å². The summed E-state index contributed by atoms with van der Waals surface area (Å²) >= 11 is 6.14. The van der Waals surface area contributed by atoms with Crippen LogP contribution in [-0.4, -0.2) is 56.7 Å². The minimum Gasteiger partial charge on any atom is -0.336 e. The molecule has 0 spiro atoms. The molecule has 1 aliphatic heterocycles. The van der Waals surface area contributed by atoms with Gasteiger partial charge < -0.3 is 4.90 Å². The maximum Gasteiger partial charge on any atom is 0.254 e. The predicted molar refractivity (Wildman–Crippen MR) is 132 cm³/mol. The molecule has 3 heterocycles. The van der Waals surface area contributed by atoms with Gasteiger partial charge in [-0.2, -0.15) is 5.10 Å². The average Bonchev–Trinajstić information content (AvgIpc) is 3.62. The molecule has 2 fully saturated rings. The fraction of sp³-hybridized carbons (Fsp3) is 0.500. The highest BCUT2D eigenvalue weighted by molar-refractivity contribution is 6.30. The Morgan fingerprint density at radius 2 is 1.94 bits per heavy atom. The summed E-state index contributed by atoms with van der Waals surface area (Å²) in [4.78, 5) is 23.1. The number of rotatable bonds is 7. The molecule has 2 aliphatic rings. The Morgan fingerprint density at radius 1 is 1.15 bits per heavy atom. The van der Waals surface area contributed by atoms with Crippen molar-refractivity contribution in [2.45, 2.75) is 58.5 Å². The van der Waals surface area contributed by atoms with E-state index in [0.717, 1.165) is 98.0 Å². The maximum absolute atomic E-state index is 13.7. The largest absolute Gasteiger partial charge is 0.336 e. The highest BCUT2D eigenvalue weighted by Gasteiger charge is 2.31. The summed E-state index contributed by atoms with van der Waals surface area (Å²) in [6.07, 6.45) is 4.49. The molecule has 1 saturated carbocycles. The van der Waals surface area contributed by atoms with Crippen LogP contribution in [0.2, 0.25) is 5.02 Å². The average molecular weight is 466 g/mol. The molecule has 0 N–H and O–H groups in total. The van der Waals surface area contributed by atoms with E-state index < -0.39 is 0 Å². The molecule has 0 atom stereocenters. The normalized spacial score (nSPS) is 17.1. The van der Waals surface area contributed by atoms with E-state index in [1.165, 1.54) is 5.56 Å². The summed E-state index contributed by atoms with van der Waals surface area (Å²) in [6.45, 7) is 9.06. The molecule has 0 bridgehead atoms. The number of carbonyl (C=O) groups excluding carboxylic acids is 1. The van der Waals surface area contributed by atoms with Crippen molar-refractivity contribution in [3.8, 4) is 0 Å². The van der Waals surface area contributed by atoms with Crippen LogP contribution in [0.25, 0.3) is 11.0 Å². The van der Waals surface area contributed by atoms with Crippen molar-refractivity contribution >= 4 is 28.5 Å². The lowest BCUT2D eigenvalue weighted by Gasteiger charge is -2.35. The highest BCUT2D eigenvalue weighted by Crippen LogP contribution is 2.40. The molecule has 1 aliphatic carbocycles. The van der Waals surface area contributed by atoms with Crippen LogP contribution in [0.3, 0.4) is 0 Å². The number of benzene rings is 1. The molecule has 3 aromatic rings. The SMILES string of the molecule is CCCCn1nc(C)c2c(C(=O)N3CCN(Cc4cccc(Cl)c4)CC3)cc(C3CC3)nc21. The molecular weight excluding hydrogens is 434 g/mol. The number of amides is 1. The molecule has 1 aromatic carbocycles. The summed E-state index contributed by atoms with van der Waals surface area (Å²) in [5, 5.41) is 6.47. The van der Waals surface area contributed by atoms with Gasteiger partial charge in [-0.05, 0) is 49.9 Å². The first kappa shape index (κ1) is 22.4. The van der Waals surface area contributed by atoms with Crippen molar-refractivity contribution in [1.82, 2.24) is 24.6 Å². The zero-order valence-corrected chi connectivity index (χ0v) is 20.3. The Bertz CT molecular complexity index is 1160. The molecule has 7 heteroatoms. The van der Waals surface area contributed by atoms with E-state index >= 15 is 0 Å². The van der Waals surface area contributed by atoms with Gasteiger partial charge in [0.05, 0.1) is 16.6 Å². The van der Waals surface area contributed by atoms with Crippen LogP contribution in [0.5, 0.6) is 0 Å². The van der Waals surface area contributed by atoms with Crippen LogP contribution >= 0.6 is 11.6 Å². The van der Waals surface area contributed by atoms with Crippen molar-refractivity contribution in [3.05, 3.63) is 57.9 Å². The van der Waals surface area contributed by atoms with Crippen molar-refractivity contribution in [2.24, 2.45) is 0 Å². The first-order valence-corrected chi connectivity index (χ1v) is 12.6. The molecule has 5 rings (SSSR count). The smallest absolute Gasteiger partial charge is 0.254 e. The lowest BCUT2D eigenvalue weighted by atomic mass is 10.1. The molecule has 2 aromatic heterocycles. The lowest BCUT2D eigenvalue weighted by Crippen LogP contribution is -2.48. The number of fused-ring (bicyclic) bond motifs is 1. The van der Waals surface area contributed by atoms with Gasteiger partial charge in [0.1, 0.15) is 0 Å². The monoisotopic (exact) mass is 465 g/mol. The van der Waals surface area contributed by atoms with Crippen molar-refractivity contribution in [3.63, 3.8) is 0 Å². The molecule has 33 heavy (non-hydrogen) atoms. The van der Waals surface area contributed by atoms with Crippen LogP contribution in [0, 0.1) is 6.92 Å². The number of carbonyl (C=O) groups is 1. The third kappa shape index (κ3) is 4.78. The van der Waals surface area contributed by atoms with Gasteiger partial charge in [0.15, 0.2) is 5.65 Å². The van der Waals surface area contributed by atoms with Gasteiger partial charge in [0, 0.05) is 55.9 Å². The van der Waals surface area contributed by atoms with Gasteiger partial charge in [-0.1, -0.05) is 37.1 Å². The number of halogens is 1. The van der Waals surface area contributed by atoms with Crippen LogP contribution in [0.1, 0.15) is 65.8 Å². The maximum atomic E-state index is 13.7. The van der Waals surface area contributed by atoms with E-state index in [0.29, 0.717) is 5.92 Å². The van der Waals surface area contributed by atoms with Gasteiger partial charge in [-0.3, -0.25) is 9.69 Å². The molecule has 1 amide bonds. The molecule has 0 unspecified atom stereocenters. The van der Waals surface area contributed by atoms with Gasteiger partial charge >= 0.3 is 0 Å². The summed E-state index contributed by atoms with van der Waals surface area (Å²) in [5.74, 6) is 0.607. The number of hydrogen-bond donors (Lipinski definition) is 0. The van der Waals surface area contributed by atoms with E-state index in [4.69, 9.17) is 21.7 Å². The van der Waals surface area contributed by atoms with E-state index in [9.17, 15) is 4.79 Å². The second-order valence-corrected chi connectivity index (χ2v) is 9.86. The quantitative estimate of drug-likeness (QED) is 0.491. The molecule has 0 radical (unpaired) electrons. The number of aromatic nitrogens is 3. The third-order valence-electron chi connectivity index (χ3n) is 6.80. The van der Waals surface area contributed by atoms with E-state index in [-0.39, 0.29) is 5.91 Å². The number of piperazine rings is 1. The lowest BCUT2D eigenvalue weighted by molar-refractivity contribution is 0.0630. The Hall–Kier alpha value is -2.44. The molecular formula is C26H32ClN5O. The first-order valence-electron chi connectivity index (χ1n) is 12.2.